The van der Waals surface area contributed by atoms with Crippen molar-refractivity contribution in [2.24, 2.45) is 0 Å². The maximum atomic E-state index is 7.49. The Labute approximate surface area is 73.2 Å². The fourth-order valence-corrected chi connectivity index (χ4v) is 1.15. The molecule has 0 saturated heterocycles. The van der Waals surface area contributed by atoms with Crippen molar-refractivity contribution in [2.75, 3.05) is 0 Å². The van der Waals surface area contributed by atoms with Crippen molar-refractivity contribution in [2.45, 2.75) is 27.2 Å². The average Bonchev–Trinajstić information content (AvgIpc) is 2.05. The normalized spacial score (nSPS) is 9.92. The highest BCUT2D eigenvalue weighted by Gasteiger charge is 2.02. The summed E-state index contributed by atoms with van der Waals surface area (Å²) in [4.78, 5) is 4.37. The van der Waals surface area contributed by atoms with Crippen molar-refractivity contribution in [1.82, 2.24) is 4.98 Å². The molecule has 64 valence electrons. The van der Waals surface area contributed by atoms with Gasteiger partial charge in [0.2, 0.25) is 0 Å². The first kappa shape index (κ1) is 8.91. The van der Waals surface area contributed by atoms with Gasteiger partial charge in [-0.3, -0.25) is 4.98 Å². The maximum Gasteiger partial charge on any atom is 0.0866 e. The summed E-state index contributed by atoms with van der Waals surface area (Å²) >= 11 is 0. The van der Waals surface area contributed by atoms with E-state index in [0.29, 0.717) is 5.71 Å². The molecule has 0 atom stereocenters. The third-order valence-electron chi connectivity index (χ3n) is 1.87. The van der Waals surface area contributed by atoms with Gasteiger partial charge in [0.15, 0.2) is 0 Å². The Balaban J connectivity index is 3.17. The van der Waals surface area contributed by atoms with Gasteiger partial charge in [-0.05, 0) is 31.9 Å². The summed E-state index contributed by atoms with van der Waals surface area (Å²) in [5.41, 5.74) is 3.51. The molecule has 0 bridgehead atoms. The molecule has 0 unspecified atom stereocenters. The van der Waals surface area contributed by atoms with Crippen molar-refractivity contribution in [3.63, 3.8) is 0 Å². The molecule has 0 amide bonds. The van der Waals surface area contributed by atoms with Crippen LogP contribution in [-0.2, 0) is 6.42 Å². The molecule has 0 aliphatic heterocycles. The van der Waals surface area contributed by atoms with Crippen LogP contribution in [0, 0.1) is 12.3 Å². The molecule has 2 heteroatoms. The molecule has 0 aliphatic carbocycles. The van der Waals surface area contributed by atoms with Gasteiger partial charge < -0.3 is 5.41 Å². The van der Waals surface area contributed by atoms with Crippen LogP contribution in [0.3, 0.4) is 0 Å². The zero-order chi connectivity index (χ0) is 9.14. The topological polar surface area (TPSA) is 36.7 Å². The minimum absolute atomic E-state index is 0.544. The van der Waals surface area contributed by atoms with Gasteiger partial charge >= 0.3 is 0 Å². The summed E-state index contributed by atoms with van der Waals surface area (Å²) in [6.45, 7) is 5.83. The van der Waals surface area contributed by atoms with Gasteiger partial charge in [-0.15, -0.1) is 0 Å². The summed E-state index contributed by atoms with van der Waals surface area (Å²) in [5, 5.41) is 7.49. The van der Waals surface area contributed by atoms with E-state index in [0.717, 1.165) is 23.4 Å². The number of aromatic nitrogens is 1. The predicted molar refractivity (Wildman–Crippen MR) is 50.9 cm³/mol. The molecule has 2 nitrogen and oxygen atoms in total. The van der Waals surface area contributed by atoms with Gasteiger partial charge in [0, 0.05) is 5.69 Å². The Morgan fingerprint density at radius 2 is 2.17 bits per heavy atom. The highest BCUT2D eigenvalue weighted by atomic mass is 14.7. The van der Waals surface area contributed by atoms with Gasteiger partial charge in [-0.2, -0.15) is 0 Å². The third-order valence-corrected chi connectivity index (χ3v) is 1.87. The van der Waals surface area contributed by atoms with Crippen LogP contribution in [-0.4, -0.2) is 10.7 Å². The van der Waals surface area contributed by atoms with Crippen LogP contribution >= 0.6 is 0 Å². The van der Waals surface area contributed by atoms with Crippen LogP contribution < -0.4 is 0 Å². The molecule has 0 spiro atoms. The number of rotatable bonds is 2. The molecule has 12 heavy (non-hydrogen) atoms. The van der Waals surface area contributed by atoms with E-state index in [2.05, 4.69) is 11.9 Å². The number of nitrogens with zero attached hydrogens (tertiary/aromatic N) is 1. The van der Waals surface area contributed by atoms with Crippen LogP contribution in [0.15, 0.2) is 12.1 Å². The number of nitrogens with one attached hydrogen (secondary N) is 1. The molecule has 1 aromatic rings. The van der Waals surface area contributed by atoms with E-state index in [-0.39, 0.29) is 0 Å². The summed E-state index contributed by atoms with van der Waals surface area (Å²) in [6, 6.07) is 4.04. The first-order valence-corrected chi connectivity index (χ1v) is 4.17. The molecular formula is C10H14N2. The summed E-state index contributed by atoms with van der Waals surface area (Å²) < 4.78 is 0. The second-order valence-electron chi connectivity index (χ2n) is 2.95. The lowest BCUT2D eigenvalue weighted by Crippen LogP contribution is -2.02. The average molecular weight is 162 g/mol. The smallest absolute Gasteiger partial charge is 0.0866 e. The highest BCUT2D eigenvalue weighted by Crippen LogP contribution is 2.07. The molecule has 1 heterocycles. The lowest BCUT2D eigenvalue weighted by molar-refractivity contribution is 1.02. The Morgan fingerprint density at radius 1 is 1.50 bits per heavy atom. The Morgan fingerprint density at radius 3 is 2.67 bits per heavy atom. The molecule has 1 rings (SSSR count). The number of pyridine rings is 1. The standard InChI is InChI=1S/C10H14N2/c1-4-9-6-5-7(2)10(12-9)8(3)11/h5-6,11H,4H2,1-3H3. The van der Waals surface area contributed by atoms with Gasteiger partial charge in [-0.25, -0.2) is 0 Å². The lowest BCUT2D eigenvalue weighted by atomic mass is 10.1. The maximum absolute atomic E-state index is 7.49. The monoisotopic (exact) mass is 162 g/mol. The first-order valence-electron chi connectivity index (χ1n) is 4.17. The number of hydrogen-bond acceptors (Lipinski definition) is 2. The minimum atomic E-state index is 0.544. The van der Waals surface area contributed by atoms with Crippen molar-refractivity contribution >= 4 is 5.71 Å². The Kier molecular flexibility index (Phi) is 2.58. The highest BCUT2D eigenvalue weighted by molar-refractivity contribution is 5.95. The van der Waals surface area contributed by atoms with Crippen LogP contribution in [0.2, 0.25) is 0 Å². The summed E-state index contributed by atoms with van der Waals surface area (Å²) in [6.07, 6.45) is 0.931. The Hall–Kier alpha value is -1.18. The molecular weight excluding hydrogens is 148 g/mol. The first-order chi connectivity index (χ1) is 5.65. The van der Waals surface area contributed by atoms with E-state index in [9.17, 15) is 0 Å². The van der Waals surface area contributed by atoms with Crippen molar-refractivity contribution in [3.8, 4) is 0 Å². The lowest BCUT2D eigenvalue weighted by Gasteiger charge is -2.04. The van der Waals surface area contributed by atoms with E-state index < -0.39 is 0 Å². The largest absolute Gasteiger partial charge is 0.303 e. The van der Waals surface area contributed by atoms with E-state index in [1.807, 2.05) is 19.1 Å². The molecule has 0 radical (unpaired) electrons. The zero-order valence-electron chi connectivity index (χ0n) is 7.81. The van der Waals surface area contributed by atoms with Crippen LogP contribution in [0.4, 0.5) is 0 Å². The van der Waals surface area contributed by atoms with E-state index >= 15 is 0 Å². The number of hydrogen-bond donors (Lipinski definition) is 1. The molecule has 0 fully saturated rings. The van der Waals surface area contributed by atoms with Gasteiger partial charge in [0.05, 0.1) is 11.4 Å². The number of aryl methyl sites for hydroxylation is 2. The fraction of sp³-hybridized carbons (Fsp3) is 0.400. The molecule has 0 saturated carbocycles. The van der Waals surface area contributed by atoms with E-state index in [4.69, 9.17) is 5.41 Å². The molecule has 1 aromatic heterocycles. The fourth-order valence-electron chi connectivity index (χ4n) is 1.15. The SMILES string of the molecule is CCc1ccc(C)c(C(C)=N)n1. The molecule has 1 N–H and O–H groups in total. The van der Waals surface area contributed by atoms with Gasteiger partial charge in [0.25, 0.3) is 0 Å². The van der Waals surface area contributed by atoms with Crippen molar-refractivity contribution in [3.05, 3.63) is 29.1 Å². The molecule has 0 aromatic carbocycles. The van der Waals surface area contributed by atoms with E-state index in [1.165, 1.54) is 0 Å². The quantitative estimate of drug-likeness (QED) is 0.666. The van der Waals surface area contributed by atoms with Crippen molar-refractivity contribution in [1.29, 1.82) is 5.41 Å². The second-order valence-corrected chi connectivity index (χ2v) is 2.95. The van der Waals surface area contributed by atoms with Crippen LogP contribution in [0.25, 0.3) is 0 Å². The summed E-state index contributed by atoms with van der Waals surface area (Å²) in [7, 11) is 0. The van der Waals surface area contributed by atoms with Crippen molar-refractivity contribution < 1.29 is 0 Å². The third kappa shape index (κ3) is 1.70. The van der Waals surface area contributed by atoms with Crippen LogP contribution in [0.5, 0.6) is 0 Å². The second kappa shape index (κ2) is 3.48. The summed E-state index contributed by atoms with van der Waals surface area (Å²) in [5.74, 6) is 0. The van der Waals surface area contributed by atoms with Gasteiger partial charge in [0.1, 0.15) is 0 Å². The predicted octanol–water partition coefficient (Wildman–Crippen LogP) is 2.34. The van der Waals surface area contributed by atoms with Gasteiger partial charge in [-0.1, -0.05) is 13.0 Å². The molecule has 0 aliphatic rings. The Bertz CT molecular complexity index is 303. The van der Waals surface area contributed by atoms with Crippen LogP contribution in [0.1, 0.15) is 30.8 Å². The minimum Gasteiger partial charge on any atom is -0.303 e. The zero-order valence-corrected chi connectivity index (χ0v) is 7.81. The van der Waals surface area contributed by atoms with E-state index in [1.54, 1.807) is 6.92 Å².